The van der Waals surface area contributed by atoms with Crippen molar-refractivity contribution in [3.8, 4) is 0 Å². The van der Waals surface area contributed by atoms with Gasteiger partial charge in [0.2, 0.25) is 10.0 Å². The summed E-state index contributed by atoms with van der Waals surface area (Å²) in [4.78, 5) is 10.8. The van der Waals surface area contributed by atoms with Crippen molar-refractivity contribution < 1.29 is 27.1 Å². The Balaban J connectivity index is 2.82. The smallest absolute Gasteiger partial charge is 0.338 e. The van der Waals surface area contributed by atoms with E-state index in [9.17, 15) is 17.6 Å². The molecule has 1 aromatic carbocycles. The van der Waals surface area contributed by atoms with E-state index >= 15 is 0 Å². The standard InChI is InChI=1S/C11H14FNO5S/c1-2-17-5-6-18-11(14)8-3-4-9(12)10(7-8)19(13,15)16/h3-4,7H,2,5-6H2,1H3,(H2,13,15,16). The molecule has 0 heterocycles. The first-order chi connectivity index (χ1) is 8.86. The van der Waals surface area contributed by atoms with Crippen LogP contribution < -0.4 is 5.14 Å². The molecule has 0 aliphatic carbocycles. The lowest BCUT2D eigenvalue weighted by Crippen LogP contribution is -2.16. The van der Waals surface area contributed by atoms with Gasteiger partial charge in [-0.25, -0.2) is 22.7 Å². The van der Waals surface area contributed by atoms with Gasteiger partial charge in [-0.15, -0.1) is 0 Å². The Bertz CT molecular complexity index is 558. The van der Waals surface area contributed by atoms with E-state index in [1.54, 1.807) is 6.92 Å². The maximum atomic E-state index is 13.3. The van der Waals surface area contributed by atoms with Gasteiger partial charge in [0, 0.05) is 6.61 Å². The van der Waals surface area contributed by atoms with Crippen molar-refractivity contribution in [2.75, 3.05) is 19.8 Å². The highest BCUT2D eigenvalue weighted by Gasteiger charge is 2.18. The summed E-state index contributed by atoms with van der Waals surface area (Å²) >= 11 is 0. The lowest BCUT2D eigenvalue weighted by molar-refractivity contribution is 0.0335. The van der Waals surface area contributed by atoms with Crippen molar-refractivity contribution in [3.05, 3.63) is 29.6 Å². The van der Waals surface area contributed by atoms with E-state index in [-0.39, 0.29) is 18.8 Å². The van der Waals surface area contributed by atoms with Crippen LogP contribution in [0.5, 0.6) is 0 Å². The van der Waals surface area contributed by atoms with Crippen LogP contribution in [0.4, 0.5) is 4.39 Å². The number of primary sulfonamides is 1. The molecule has 0 fully saturated rings. The molecule has 0 saturated carbocycles. The predicted molar refractivity (Wildman–Crippen MR) is 64.5 cm³/mol. The molecule has 0 aliphatic heterocycles. The summed E-state index contributed by atoms with van der Waals surface area (Å²) in [7, 11) is -4.23. The second-order valence-corrected chi connectivity index (χ2v) is 5.05. The number of rotatable bonds is 6. The van der Waals surface area contributed by atoms with Gasteiger partial charge in [-0.3, -0.25) is 0 Å². The number of carbonyl (C=O) groups excluding carboxylic acids is 1. The molecule has 0 saturated heterocycles. The molecule has 1 aromatic rings. The highest BCUT2D eigenvalue weighted by atomic mass is 32.2. The van der Waals surface area contributed by atoms with Crippen molar-refractivity contribution in [3.63, 3.8) is 0 Å². The van der Waals surface area contributed by atoms with Crippen LogP contribution in [-0.4, -0.2) is 34.2 Å². The monoisotopic (exact) mass is 291 g/mol. The molecule has 0 aliphatic rings. The predicted octanol–water partition coefficient (Wildman–Crippen LogP) is 0.666. The fraction of sp³-hybridized carbons (Fsp3) is 0.364. The average Bonchev–Trinajstić information content (AvgIpc) is 2.33. The lowest BCUT2D eigenvalue weighted by Gasteiger charge is -2.06. The maximum absolute atomic E-state index is 13.3. The molecule has 1 rings (SSSR count). The number of hydrogen-bond donors (Lipinski definition) is 1. The van der Waals surface area contributed by atoms with Gasteiger partial charge in [0.1, 0.15) is 17.3 Å². The molecule has 19 heavy (non-hydrogen) atoms. The molecule has 0 aromatic heterocycles. The van der Waals surface area contributed by atoms with Gasteiger partial charge in [0.25, 0.3) is 0 Å². The van der Waals surface area contributed by atoms with E-state index in [1.165, 1.54) is 0 Å². The van der Waals surface area contributed by atoms with Crippen LogP contribution >= 0.6 is 0 Å². The van der Waals surface area contributed by atoms with Crippen LogP contribution in [0.2, 0.25) is 0 Å². The summed E-state index contributed by atoms with van der Waals surface area (Å²) in [6.07, 6.45) is 0. The molecule has 0 radical (unpaired) electrons. The topological polar surface area (TPSA) is 95.7 Å². The third kappa shape index (κ3) is 4.58. The first-order valence-electron chi connectivity index (χ1n) is 5.43. The minimum Gasteiger partial charge on any atom is -0.460 e. The van der Waals surface area contributed by atoms with Gasteiger partial charge < -0.3 is 9.47 Å². The Morgan fingerprint density at radius 3 is 2.63 bits per heavy atom. The van der Waals surface area contributed by atoms with Gasteiger partial charge in [-0.1, -0.05) is 0 Å². The Labute approximate surface area is 110 Å². The molecule has 0 unspecified atom stereocenters. The second-order valence-electron chi connectivity index (χ2n) is 3.52. The summed E-state index contributed by atoms with van der Waals surface area (Å²) in [6, 6.07) is 2.81. The fourth-order valence-corrected chi connectivity index (χ4v) is 1.90. The van der Waals surface area contributed by atoms with Crippen LogP contribution in [0.1, 0.15) is 17.3 Å². The summed E-state index contributed by atoms with van der Waals surface area (Å²) in [5, 5.41) is 4.83. The minimum atomic E-state index is -4.23. The van der Waals surface area contributed by atoms with Crippen LogP contribution in [-0.2, 0) is 19.5 Å². The second kappa shape index (κ2) is 6.60. The molecule has 0 amide bonds. The highest BCUT2D eigenvalue weighted by Crippen LogP contribution is 2.15. The third-order valence-corrected chi connectivity index (χ3v) is 3.06. The molecule has 8 heteroatoms. The van der Waals surface area contributed by atoms with E-state index in [0.717, 1.165) is 18.2 Å². The summed E-state index contributed by atoms with van der Waals surface area (Å²) in [6.45, 7) is 2.53. The Morgan fingerprint density at radius 1 is 1.37 bits per heavy atom. The quantitative estimate of drug-likeness (QED) is 0.614. The number of carbonyl (C=O) groups is 1. The molecular formula is C11H14FNO5S. The zero-order valence-electron chi connectivity index (χ0n) is 10.3. The highest BCUT2D eigenvalue weighted by molar-refractivity contribution is 7.89. The molecule has 106 valence electrons. The van der Waals surface area contributed by atoms with E-state index in [4.69, 9.17) is 14.6 Å². The van der Waals surface area contributed by atoms with Gasteiger partial charge in [0.05, 0.1) is 12.2 Å². The minimum absolute atomic E-state index is 0.0226. The Kier molecular flexibility index (Phi) is 5.40. The van der Waals surface area contributed by atoms with Crippen molar-refractivity contribution in [2.45, 2.75) is 11.8 Å². The van der Waals surface area contributed by atoms with Crippen molar-refractivity contribution in [1.82, 2.24) is 0 Å². The normalized spacial score (nSPS) is 11.3. The largest absolute Gasteiger partial charge is 0.460 e. The van der Waals surface area contributed by atoms with Crippen LogP contribution in [0.15, 0.2) is 23.1 Å². The van der Waals surface area contributed by atoms with Gasteiger partial charge in [-0.05, 0) is 25.1 Å². The first-order valence-corrected chi connectivity index (χ1v) is 6.98. The first kappa shape index (κ1) is 15.5. The number of halogens is 1. The van der Waals surface area contributed by atoms with Crippen molar-refractivity contribution in [2.24, 2.45) is 5.14 Å². The van der Waals surface area contributed by atoms with Crippen molar-refractivity contribution in [1.29, 1.82) is 0 Å². The van der Waals surface area contributed by atoms with Gasteiger partial charge >= 0.3 is 5.97 Å². The van der Waals surface area contributed by atoms with E-state index in [2.05, 4.69) is 0 Å². The molecule has 6 nitrogen and oxygen atoms in total. The number of nitrogens with two attached hydrogens (primary N) is 1. The Morgan fingerprint density at radius 2 is 2.05 bits per heavy atom. The molecule has 0 atom stereocenters. The van der Waals surface area contributed by atoms with Gasteiger partial charge in [-0.2, -0.15) is 0 Å². The third-order valence-electron chi connectivity index (χ3n) is 2.14. The van der Waals surface area contributed by atoms with E-state index in [1.807, 2.05) is 0 Å². The number of ether oxygens (including phenoxy) is 2. The van der Waals surface area contributed by atoms with Crippen molar-refractivity contribution >= 4 is 16.0 Å². The number of benzene rings is 1. The zero-order valence-corrected chi connectivity index (χ0v) is 11.1. The van der Waals surface area contributed by atoms with Crippen LogP contribution in [0.25, 0.3) is 0 Å². The number of hydrogen-bond acceptors (Lipinski definition) is 5. The van der Waals surface area contributed by atoms with Gasteiger partial charge in [0.15, 0.2) is 0 Å². The molecule has 0 spiro atoms. The van der Waals surface area contributed by atoms with E-state index < -0.39 is 26.7 Å². The summed E-state index contributed by atoms with van der Waals surface area (Å²) < 4.78 is 45.2. The molecule has 0 bridgehead atoms. The summed E-state index contributed by atoms with van der Waals surface area (Å²) in [5.74, 6) is -1.79. The fourth-order valence-electron chi connectivity index (χ4n) is 1.27. The van der Waals surface area contributed by atoms with E-state index in [0.29, 0.717) is 6.61 Å². The maximum Gasteiger partial charge on any atom is 0.338 e. The Hall–Kier alpha value is -1.51. The average molecular weight is 291 g/mol. The summed E-state index contributed by atoms with van der Waals surface area (Å²) in [5.41, 5.74) is -0.0954. The molecular weight excluding hydrogens is 277 g/mol. The SMILES string of the molecule is CCOCCOC(=O)c1ccc(F)c(S(N)(=O)=O)c1. The zero-order chi connectivity index (χ0) is 14.5. The number of sulfonamides is 1. The van der Waals surface area contributed by atoms with Crippen LogP contribution in [0, 0.1) is 5.82 Å². The van der Waals surface area contributed by atoms with Crippen LogP contribution in [0.3, 0.4) is 0 Å². The molecule has 2 N–H and O–H groups in total. The lowest BCUT2D eigenvalue weighted by atomic mass is 10.2. The number of esters is 1.